The molecule has 2 aromatic heterocycles. The first-order valence-electron chi connectivity index (χ1n) is 8.38. The molecule has 0 saturated heterocycles. The van der Waals surface area contributed by atoms with Gasteiger partial charge in [-0.15, -0.1) is 0 Å². The predicted octanol–water partition coefficient (Wildman–Crippen LogP) is 3.79. The van der Waals surface area contributed by atoms with Gasteiger partial charge in [0.05, 0.1) is 12.1 Å². The molecule has 0 fully saturated rings. The average Bonchev–Trinajstić information content (AvgIpc) is 3.07. The van der Waals surface area contributed by atoms with Gasteiger partial charge in [0.2, 0.25) is 5.88 Å². The Bertz CT molecular complexity index is 860. The van der Waals surface area contributed by atoms with Crippen LogP contribution in [0.25, 0.3) is 0 Å². The van der Waals surface area contributed by atoms with Crippen molar-refractivity contribution in [1.82, 2.24) is 15.0 Å². The van der Waals surface area contributed by atoms with E-state index in [4.69, 9.17) is 9.26 Å². The summed E-state index contributed by atoms with van der Waals surface area (Å²) in [6, 6.07) is 15.1. The summed E-state index contributed by atoms with van der Waals surface area (Å²) in [7, 11) is 1.72. The molecule has 6 heteroatoms. The fourth-order valence-corrected chi connectivity index (χ4v) is 2.58. The highest BCUT2D eigenvalue weighted by Gasteiger charge is 2.15. The van der Waals surface area contributed by atoms with Crippen LogP contribution in [0.1, 0.15) is 40.4 Å². The lowest BCUT2D eigenvalue weighted by molar-refractivity contribution is 0.0781. The monoisotopic (exact) mass is 351 g/mol. The minimum atomic E-state index is -0.138. The third kappa shape index (κ3) is 4.27. The van der Waals surface area contributed by atoms with Crippen LogP contribution < -0.4 is 4.74 Å². The summed E-state index contributed by atoms with van der Waals surface area (Å²) in [6.07, 6.45) is 1.41. The van der Waals surface area contributed by atoms with Gasteiger partial charge in [-0.2, -0.15) is 0 Å². The quantitative estimate of drug-likeness (QED) is 0.676. The van der Waals surface area contributed by atoms with Gasteiger partial charge in [0.15, 0.2) is 0 Å². The van der Waals surface area contributed by atoms with Gasteiger partial charge in [-0.25, -0.2) is 4.98 Å². The van der Waals surface area contributed by atoms with Crippen LogP contribution in [0.5, 0.6) is 5.88 Å². The molecular formula is C20H21N3O3. The number of hydrogen-bond donors (Lipinski definition) is 0. The van der Waals surface area contributed by atoms with Crippen molar-refractivity contribution in [2.75, 3.05) is 7.05 Å². The highest BCUT2D eigenvalue weighted by Crippen LogP contribution is 2.20. The fraction of sp³-hybridized carbons (Fsp3) is 0.250. The van der Waals surface area contributed by atoms with Gasteiger partial charge >= 0.3 is 0 Å². The molecule has 0 aliphatic rings. The summed E-state index contributed by atoms with van der Waals surface area (Å²) in [6.45, 7) is 4.15. The molecule has 2 heterocycles. The van der Waals surface area contributed by atoms with E-state index in [9.17, 15) is 4.79 Å². The summed E-state index contributed by atoms with van der Waals surface area (Å²) in [5.41, 5.74) is 2.27. The van der Waals surface area contributed by atoms with Gasteiger partial charge in [0.25, 0.3) is 5.91 Å². The Morgan fingerprint density at radius 3 is 2.62 bits per heavy atom. The third-order valence-corrected chi connectivity index (χ3v) is 3.97. The number of ether oxygens (including phenoxy) is 1. The minimum Gasteiger partial charge on any atom is -0.470 e. The molecule has 3 aromatic rings. The maximum Gasteiger partial charge on any atom is 0.255 e. The van der Waals surface area contributed by atoms with Crippen molar-refractivity contribution in [3.63, 3.8) is 0 Å². The molecule has 0 bridgehead atoms. The van der Waals surface area contributed by atoms with Crippen molar-refractivity contribution >= 4 is 5.91 Å². The molecular weight excluding hydrogens is 330 g/mol. The van der Waals surface area contributed by atoms with Crippen LogP contribution in [0.15, 0.2) is 59.3 Å². The van der Waals surface area contributed by atoms with Crippen LogP contribution in [0.4, 0.5) is 0 Å². The highest BCUT2D eigenvalue weighted by atomic mass is 16.5. The van der Waals surface area contributed by atoms with Gasteiger partial charge in [-0.3, -0.25) is 4.79 Å². The molecule has 1 amide bonds. The van der Waals surface area contributed by atoms with Gasteiger partial charge < -0.3 is 14.2 Å². The second-order valence-electron chi connectivity index (χ2n) is 6.15. The summed E-state index contributed by atoms with van der Waals surface area (Å²) in [4.78, 5) is 18.3. The highest BCUT2D eigenvalue weighted by molar-refractivity contribution is 5.93. The van der Waals surface area contributed by atoms with Gasteiger partial charge in [0.1, 0.15) is 17.6 Å². The van der Waals surface area contributed by atoms with Gasteiger partial charge in [-0.1, -0.05) is 35.5 Å². The first-order chi connectivity index (χ1) is 12.5. The van der Waals surface area contributed by atoms with E-state index in [1.807, 2.05) is 50.2 Å². The molecule has 0 aliphatic carbocycles. The smallest absolute Gasteiger partial charge is 0.255 e. The van der Waals surface area contributed by atoms with E-state index in [2.05, 4.69) is 10.1 Å². The second-order valence-corrected chi connectivity index (χ2v) is 6.15. The molecule has 0 aliphatic heterocycles. The molecule has 0 spiro atoms. The van der Waals surface area contributed by atoms with Gasteiger partial charge in [-0.05, 0) is 25.5 Å². The number of nitrogens with zero attached hydrogens (tertiary/aromatic N) is 3. The van der Waals surface area contributed by atoms with Gasteiger partial charge in [0, 0.05) is 25.4 Å². The number of benzene rings is 1. The molecule has 0 N–H and O–H groups in total. The number of aromatic nitrogens is 2. The zero-order chi connectivity index (χ0) is 18.5. The van der Waals surface area contributed by atoms with Crippen molar-refractivity contribution in [1.29, 1.82) is 0 Å². The number of hydrogen-bond acceptors (Lipinski definition) is 5. The Morgan fingerprint density at radius 2 is 2.00 bits per heavy atom. The zero-order valence-electron chi connectivity index (χ0n) is 15.0. The Hall–Kier alpha value is -3.15. The normalized spacial score (nSPS) is 11.8. The minimum absolute atomic E-state index is 0.122. The van der Waals surface area contributed by atoms with Crippen LogP contribution in [-0.4, -0.2) is 28.0 Å². The first-order valence-corrected chi connectivity index (χ1v) is 8.38. The van der Waals surface area contributed by atoms with E-state index in [1.165, 1.54) is 6.20 Å². The van der Waals surface area contributed by atoms with Crippen LogP contribution >= 0.6 is 0 Å². The molecule has 1 aromatic carbocycles. The number of amides is 1. The van der Waals surface area contributed by atoms with Crippen LogP contribution in [0.2, 0.25) is 0 Å². The Balaban J connectivity index is 1.62. The van der Waals surface area contributed by atoms with E-state index in [0.717, 1.165) is 11.3 Å². The molecule has 26 heavy (non-hydrogen) atoms. The van der Waals surface area contributed by atoms with Crippen LogP contribution in [0, 0.1) is 6.92 Å². The summed E-state index contributed by atoms with van der Waals surface area (Å²) >= 11 is 0. The summed E-state index contributed by atoms with van der Waals surface area (Å²) < 4.78 is 10.9. The van der Waals surface area contributed by atoms with Crippen LogP contribution in [0.3, 0.4) is 0 Å². The summed E-state index contributed by atoms with van der Waals surface area (Å²) in [5.74, 6) is 1.06. The van der Waals surface area contributed by atoms with Crippen molar-refractivity contribution in [2.45, 2.75) is 26.5 Å². The maximum absolute atomic E-state index is 12.5. The molecule has 6 nitrogen and oxygen atoms in total. The molecule has 1 atom stereocenters. The lowest BCUT2D eigenvalue weighted by Gasteiger charge is -2.16. The molecule has 0 radical (unpaired) electrons. The largest absolute Gasteiger partial charge is 0.470 e. The van der Waals surface area contributed by atoms with Crippen molar-refractivity contribution in [3.8, 4) is 5.88 Å². The lowest BCUT2D eigenvalue weighted by atomic mass is 10.1. The Labute approximate surface area is 152 Å². The van der Waals surface area contributed by atoms with E-state index in [1.54, 1.807) is 24.1 Å². The molecule has 0 unspecified atom stereocenters. The fourth-order valence-electron chi connectivity index (χ4n) is 2.58. The van der Waals surface area contributed by atoms with Crippen molar-refractivity contribution < 1.29 is 14.1 Å². The SMILES string of the molecule is Cc1cc(CN(C)C(=O)c2ccc(O[C@@H](C)c3ccccc3)nc2)no1. The van der Waals surface area contributed by atoms with E-state index in [0.29, 0.717) is 23.7 Å². The number of carbonyl (C=O) groups excluding carboxylic acids is 1. The first kappa shape index (κ1) is 17.7. The van der Waals surface area contributed by atoms with E-state index >= 15 is 0 Å². The number of pyridine rings is 1. The maximum atomic E-state index is 12.5. The third-order valence-electron chi connectivity index (χ3n) is 3.97. The van der Waals surface area contributed by atoms with Crippen molar-refractivity contribution in [3.05, 3.63) is 77.3 Å². The Kier molecular flexibility index (Phi) is 5.31. The summed E-state index contributed by atoms with van der Waals surface area (Å²) in [5, 5.41) is 3.90. The lowest BCUT2D eigenvalue weighted by Crippen LogP contribution is -2.26. The van der Waals surface area contributed by atoms with Crippen molar-refractivity contribution in [2.24, 2.45) is 0 Å². The molecule has 134 valence electrons. The van der Waals surface area contributed by atoms with E-state index in [-0.39, 0.29) is 12.0 Å². The van der Waals surface area contributed by atoms with Crippen LogP contribution in [-0.2, 0) is 6.54 Å². The zero-order valence-corrected chi connectivity index (χ0v) is 15.0. The second kappa shape index (κ2) is 7.82. The van der Waals surface area contributed by atoms with E-state index < -0.39 is 0 Å². The number of aryl methyl sites for hydroxylation is 1. The average molecular weight is 351 g/mol. The topological polar surface area (TPSA) is 68.5 Å². The standard InChI is InChI=1S/C20H21N3O3/c1-14-11-18(22-26-14)13-23(3)20(24)17-9-10-19(21-12-17)25-15(2)16-7-5-4-6-8-16/h4-12,15H,13H2,1-3H3/t15-/m0/s1. The molecule has 0 saturated carbocycles. The molecule has 3 rings (SSSR count). The number of carbonyl (C=O) groups is 1. The predicted molar refractivity (Wildman–Crippen MR) is 96.8 cm³/mol. The number of rotatable bonds is 6. The Morgan fingerprint density at radius 1 is 1.23 bits per heavy atom.